The number of alkyl halides is 15. The molecular weight excluding hydrogens is 731 g/mol. The lowest BCUT2D eigenvalue weighted by Gasteiger charge is -2.41. The Hall–Kier alpha value is -4.67. The molecule has 7 nitrogen and oxygen atoms in total. The van der Waals surface area contributed by atoms with Crippen molar-refractivity contribution < 1.29 is 98.6 Å². The van der Waals surface area contributed by atoms with Crippen molar-refractivity contribution >= 4 is 35.0 Å². The van der Waals surface area contributed by atoms with Crippen LogP contribution in [0.5, 0.6) is 5.75 Å². The number of hydrogen-bond acceptors (Lipinski definition) is 5. The van der Waals surface area contributed by atoms with Crippen LogP contribution in [0.25, 0.3) is 0 Å². The highest BCUT2D eigenvalue weighted by Gasteiger charge is 2.94. The lowest BCUT2D eigenvalue weighted by atomic mass is 9.91. The molecule has 49 heavy (non-hydrogen) atoms. The predicted octanol–water partition coefficient (Wildman–Crippen LogP) is 7.19. The van der Waals surface area contributed by atoms with E-state index in [1.165, 1.54) is 0 Å². The van der Waals surface area contributed by atoms with E-state index in [-0.39, 0.29) is 15.9 Å². The number of ether oxygens (including phenoxy) is 1. The van der Waals surface area contributed by atoms with Gasteiger partial charge in [-0.1, -0.05) is 13.2 Å². The molecule has 24 heteroatoms. The van der Waals surface area contributed by atoms with Crippen LogP contribution in [-0.4, -0.2) is 65.3 Å². The van der Waals surface area contributed by atoms with Gasteiger partial charge < -0.3 is 4.74 Å². The Morgan fingerprint density at radius 1 is 0.612 bits per heavy atom. The van der Waals surface area contributed by atoms with Crippen molar-refractivity contribution in [3.8, 4) is 5.75 Å². The summed E-state index contributed by atoms with van der Waals surface area (Å²) < 4.78 is 235. The van der Waals surface area contributed by atoms with E-state index in [2.05, 4.69) is 17.9 Å². The molecule has 3 rings (SSSR count). The first-order valence-corrected chi connectivity index (χ1v) is 12.1. The molecule has 1 aromatic carbocycles. The average molecular weight is 742 g/mol. The minimum Gasteiger partial charge on any atom is -0.427 e. The van der Waals surface area contributed by atoms with Gasteiger partial charge in [-0.3, -0.25) is 19.2 Å². The maximum Gasteiger partial charge on any atom is 0.460 e. The van der Waals surface area contributed by atoms with Crippen molar-refractivity contribution in [2.75, 3.05) is 9.80 Å². The molecule has 0 aliphatic carbocycles. The molecule has 2 aliphatic rings. The fraction of sp³-hybridized carbons (Fsp3) is 0.360. The normalized spacial score (nSPS) is 18.2. The summed E-state index contributed by atoms with van der Waals surface area (Å²) in [7, 11) is 0. The number of allylic oxidation sites excluding steroid dienone is 1. The van der Waals surface area contributed by atoms with Gasteiger partial charge in [0.2, 0.25) is 17.6 Å². The molecule has 2 saturated heterocycles. The van der Waals surface area contributed by atoms with Gasteiger partial charge in [0, 0.05) is 17.2 Å². The minimum atomic E-state index is -8.80. The molecule has 0 N–H and O–H groups in total. The van der Waals surface area contributed by atoms with Crippen molar-refractivity contribution in [1.82, 2.24) is 0 Å². The van der Waals surface area contributed by atoms with E-state index >= 15 is 0 Å². The van der Waals surface area contributed by atoms with E-state index in [4.69, 9.17) is 0 Å². The monoisotopic (exact) mass is 742 g/mol. The predicted molar refractivity (Wildman–Crippen MR) is 125 cm³/mol. The number of carbonyl (C=O) groups excluding carboxylic acids is 4. The maximum atomic E-state index is 14.7. The molecule has 0 unspecified atom stereocenters. The quantitative estimate of drug-likeness (QED) is 0.110. The van der Waals surface area contributed by atoms with Crippen LogP contribution in [0, 0.1) is 0 Å². The summed E-state index contributed by atoms with van der Waals surface area (Å²) in [5.74, 6) is -62.3. The maximum absolute atomic E-state index is 14.7. The molecule has 4 amide bonds. The second kappa shape index (κ2) is 11.5. The summed E-state index contributed by atoms with van der Waals surface area (Å²) in [5, 5.41) is 0. The molecule has 0 radical (unpaired) electrons. The number of halogens is 17. The second-order valence-electron chi connectivity index (χ2n) is 9.92. The molecule has 270 valence electrons. The number of rotatable bonds is 10. The Morgan fingerprint density at radius 2 is 1.02 bits per heavy atom. The summed E-state index contributed by atoms with van der Waals surface area (Å²) in [6.07, 6.45) is -9.40. The lowest BCUT2D eigenvalue weighted by molar-refractivity contribution is -0.451. The van der Waals surface area contributed by atoms with E-state index in [1.807, 2.05) is 0 Å². The highest BCUT2D eigenvalue weighted by molar-refractivity contribution is 6.29. The van der Waals surface area contributed by atoms with Crippen molar-refractivity contribution in [2.45, 2.75) is 54.6 Å². The first-order valence-electron chi connectivity index (χ1n) is 12.1. The zero-order valence-corrected chi connectivity index (χ0v) is 22.9. The summed E-state index contributed by atoms with van der Waals surface area (Å²) in [4.78, 5) is 49.3. The molecule has 2 fully saturated rings. The van der Waals surface area contributed by atoms with E-state index in [0.29, 0.717) is 12.1 Å². The number of benzene rings is 1. The van der Waals surface area contributed by atoms with Crippen molar-refractivity contribution in [1.29, 1.82) is 0 Å². The van der Waals surface area contributed by atoms with Gasteiger partial charge in [0.05, 0.1) is 24.2 Å². The van der Waals surface area contributed by atoms with E-state index in [9.17, 15) is 93.8 Å². The molecule has 0 aromatic heterocycles. The van der Waals surface area contributed by atoms with Crippen LogP contribution in [-0.2, 0) is 19.2 Å². The number of anilines is 2. The van der Waals surface area contributed by atoms with Crippen LogP contribution in [0.3, 0.4) is 0 Å². The number of amides is 4. The van der Waals surface area contributed by atoms with Crippen LogP contribution >= 0.6 is 0 Å². The number of nitrogens with zero attached hydrogens (tertiary/aromatic N) is 2. The highest BCUT2D eigenvalue weighted by Crippen LogP contribution is 2.63. The topological polar surface area (TPSA) is 84.0 Å². The second-order valence-corrected chi connectivity index (χ2v) is 9.92. The summed E-state index contributed by atoms with van der Waals surface area (Å²) in [6.45, 7) is 6.37. The molecule has 1 aromatic rings. The van der Waals surface area contributed by atoms with Gasteiger partial charge in [0.25, 0.3) is 11.8 Å². The molecule has 2 aliphatic heterocycles. The minimum absolute atomic E-state index is 0.0243. The summed E-state index contributed by atoms with van der Waals surface area (Å²) in [6, 6.07) is -2.62. The molecule has 2 heterocycles. The van der Waals surface area contributed by atoms with Gasteiger partial charge in [-0.2, -0.15) is 74.6 Å². The molecular formula is C25H11F17N2O5. The third-order valence-corrected chi connectivity index (χ3v) is 6.66. The smallest absolute Gasteiger partial charge is 0.427 e. The van der Waals surface area contributed by atoms with Crippen LogP contribution < -0.4 is 14.5 Å². The van der Waals surface area contributed by atoms with Crippen molar-refractivity contribution in [3.05, 3.63) is 54.3 Å². The third-order valence-electron chi connectivity index (χ3n) is 6.66. The Bertz CT molecular complexity index is 1700. The fourth-order valence-corrected chi connectivity index (χ4v) is 4.00. The molecule has 0 saturated carbocycles. The highest BCUT2D eigenvalue weighted by atomic mass is 19.4. The standard InChI is InChI=1S/C25H11F17N2O5/c1-8-5-13(45)43(17(8)47)10-3-4-11(44-14(46)6-9(2)18(44)48)12(7-10)49-16(27)15(26)19(28,29)20(30,31)21(32,33)22(34,35)23(36,37)24(38,39)25(40,41)42/h3-4,7H,1-2,5-6H2. The van der Waals surface area contributed by atoms with Crippen molar-refractivity contribution in [3.63, 3.8) is 0 Å². The van der Waals surface area contributed by atoms with Gasteiger partial charge >= 0.3 is 47.7 Å². The average Bonchev–Trinajstić information content (AvgIpc) is 3.36. The number of imide groups is 2. The van der Waals surface area contributed by atoms with Crippen LogP contribution in [0.15, 0.2) is 54.3 Å². The molecule has 0 bridgehead atoms. The SMILES string of the molecule is C=C1CC(=O)N(c2ccc(N3C(=O)CC(=C)C3=O)c(OC(F)=C(F)C(F)(F)C(F)(F)C(F)(F)C(F)(F)C(F)(F)C(F)(F)C(F)(F)F)c2)C1=O. The molecule has 0 atom stereocenters. The van der Waals surface area contributed by atoms with E-state index in [1.54, 1.807) is 0 Å². The van der Waals surface area contributed by atoms with Gasteiger partial charge in [-0.15, -0.1) is 0 Å². The Labute approximate surface area is 258 Å². The number of carbonyl (C=O) groups is 4. The van der Waals surface area contributed by atoms with Crippen LogP contribution in [0.4, 0.5) is 86.0 Å². The third kappa shape index (κ3) is 5.47. The number of hydrogen-bond donors (Lipinski definition) is 0. The molecule has 0 spiro atoms. The van der Waals surface area contributed by atoms with Crippen LogP contribution in [0.1, 0.15) is 12.8 Å². The first kappa shape index (κ1) is 38.8. The summed E-state index contributed by atoms with van der Waals surface area (Å²) in [5.41, 5.74) is -2.92. The van der Waals surface area contributed by atoms with Gasteiger partial charge in [0.1, 0.15) is 0 Å². The Morgan fingerprint density at radius 3 is 1.43 bits per heavy atom. The van der Waals surface area contributed by atoms with Gasteiger partial charge in [-0.25, -0.2) is 9.80 Å². The first-order chi connectivity index (χ1) is 21.8. The Kier molecular flexibility index (Phi) is 9.06. The largest absolute Gasteiger partial charge is 0.460 e. The Balaban J connectivity index is 2.18. The lowest BCUT2D eigenvalue weighted by Crippen LogP contribution is -2.72. The van der Waals surface area contributed by atoms with E-state index in [0.717, 1.165) is 0 Å². The van der Waals surface area contributed by atoms with Crippen molar-refractivity contribution in [2.24, 2.45) is 0 Å². The summed E-state index contributed by atoms with van der Waals surface area (Å²) >= 11 is 0. The van der Waals surface area contributed by atoms with Gasteiger partial charge in [-0.05, 0) is 12.1 Å². The van der Waals surface area contributed by atoms with Crippen LogP contribution in [0.2, 0.25) is 0 Å². The zero-order chi connectivity index (χ0) is 38.2. The van der Waals surface area contributed by atoms with Gasteiger partial charge in [0.15, 0.2) is 5.75 Å². The van der Waals surface area contributed by atoms with E-state index < -0.39 is 118 Å². The fourth-order valence-electron chi connectivity index (χ4n) is 4.00. The zero-order valence-electron chi connectivity index (χ0n) is 22.9.